The first-order chi connectivity index (χ1) is 9.31. The van der Waals surface area contributed by atoms with Crippen LogP contribution >= 0.6 is 0 Å². The minimum Gasteiger partial charge on any atom is -0.481 e. The quantitative estimate of drug-likeness (QED) is 0.830. The lowest BCUT2D eigenvalue weighted by molar-refractivity contribution is 0.397. The Hall–Kier alpha value is -1.81. The van der Waals surface area contributed by atoms with Gasteiger partial charge in [-0.1, -0.05) is 13.0 Å². The average molecular weight is 259 g/mol. The molecular weight excluding hydrogens is 238 g/mol. The van der Waals surface area contributed by atoms with Gasteiger partial charge < -0.3 is 14.6 Å². The van der Waals surface area contributed by atoms with Gasteiger partial charge in [0.2, 0.25) is 5.88 Å². The summed E-state index contributed by atoms with van der Waals surface area (Å²) in [5.41, 5.74) is 2.48. The van der Waals surface area contributed by atoms with E-state index in [-0.39, 0.29) is 0 Å². The van der Waals surface area contributed by atoms with E-state index in [1.807, 2.05) is 18.3 Å². The van der Waals surface area contributed by atoms with Gasteiger partial charge in [-0.3, -0.25) is 0 Å². The molecule has 0 fully saturated rings. The van der Waals surface area contributed by atoms with Gasteiger partial charge >= 0.3 is 0 Å². The van der Waals surface area contributed by atoms with E-state index >= 15 is 0 Å². The fourth-order valence-corrected chi connectivity index (χ4v) is 1.98. The first kappa shape index (κ1) is 13.6. The highest BCUT2D eigenvalue weighted by molar-refractivity contribution is 5.18. The SMILES string of the molecule is CCCn1ccc(CNCc2ccc(OC)nc2)c1. The van der Waals surface area contributed by atoms with Gasteiger partial charge in [-0.25, -0.2) is 4.98 Å². The van der Waals surface area contributed by atoms with E-state index in [1.165, 1.54) is 12.0 Å². The van der Waals surface area contributed by atoms with Gasteiger partial charge in [-0.05, 0) is 23.6 Å². The third kappa shape index (κ3) is 4.10. The van der Waals surface area contributed by atoms with Crippen LogP contribution in [-0.2, 0) is 19.6 Å². The molecule has 2 aromatic rings. The number of nitrogens with zero attached hydrogens (tertiary/aromatic N) is 2. The van der Waals surface area contributed by atoms with Crippen molar-refractivity contribution in [3.63, 3.8) is 0 Å². The van der Waals surface area contributed by atoms with E-state index in [0.717, 1.165) is 25.2 Å². The van der Waals surface area contributed by atoms with Gasteiger partial charge in [-0.2, -0.15) is 0 Å². The number of pyridine rings is 1. The second-order valence-corrected chi connectivity index (χ2v) is 4.57. The molecule has 0 radical (unpaired) electrons. The van der Waals surface area contributed by atoms with E-state index in [4.69, 9.17) is 4.74 Å². The predicted molar refractivity (Wildman–Crippen MR) is 76.1 cm³/mol. The van der Waals surface area contributed by atoms with E-state index in [2.05, 4.69) is 40.3 Å². The molecule has 4 heteroatoms. The first-order valence-electron chi connectivity index (χ1n) is 6.66. The molecule has 19 heavy (non-hydrogen) atoms. The van der Waals surface area contributed by atoms with Crippen molar-refractivity contribution in [2.75, 3.05) is 7.11 Å². The van der Waals surface area contributed by atoms with Crippen LogP contribution in [-0.4, -0.2) is 16.7 Å². The number of ether oxygens (including phenoxy) is 1. The van der Waals surface area contributed by atoms with Crippen LogP contribution in [0.1, 0.15) is 24.5 Å². The minimum absolute atomic E-state index is 0.653. The summed E-state index contributed by atoms with van der Waals surface area (Å²) in [4.78, 5) is 4.18. The Morgan fingerprint density at radius 1 is 1.21 bits per heavy atom. The van der Waals surface area contributed by atoms with Crippen molar-refractivity contribution >= 4 is 0 Å². The van der Waals surface area contributed by atoms with Crippen molar-refractivity contribution in [1.29, 1.82) is 0 Å². The molecule has 0 aliphatic carbocycles. The summed E-state index contributed by atoms with van der Waals surface area (Å²) in [7, 11) is 1.63. The Kier molecular flexibility index (Phi) is 4.98. The molecule has 0 atom stereocenters. The zero-order valence-electron chi connectivity index (χ0n) is 11.6. The molecule has 0 saturated carbocycles. The normalized spacial score (nSPS) is 10.6. The van der Waals surface area contributed by atoms with Crippen LogP contribution in [0.3, 0.4) is 0 Å². The molecule has 2 rings (SSSR count). The summed E-state index contributed by atoms with van der Waals surface area (Å²) in [6.07, 6.45) is 7.34. The van der Waals surface area contributed by atoms with Gasteiger partial charge in [0.15, 0.2) is 0 Å². The number of rotatable bonds is 7. The van der Waals surface area contributed by atoms with Gasteiger partial charge in [0.25, 0.3) is 0 Å². The molecule has 1 N–H and O–H groups in total. The van der Waals surface area contributed by atoms with Crippen LogP contribution < -0.4 is 10.1 Å². The van der Waals surface area contributed by atoms with E-state index in [0.29, 0.717) is 5.88 Å². The van der Waals surface area contributed by atoms with Gasteiger partial charge in [-0.15, -0.1) is 0 Å². The molecule has 0 spiro atoms. The molecule has 0 bridgehead atoms. The van der Waals surface area contributed by atoms with Crippen molar-refractivity contribution in [1.82, 2.24) is 14.9 Å². The predicted octanol–water partition coefficient (Wildman–Crippen LogP) is 2.59. The number of methoxy groups -OCH3 is 1. The molecule has 0 aliphatic heterocycles. The van der Waals surface area contributed by atoms with Crippen molar-refractivity contribution in [3.05, 3.63) is 47.9 Å². The summed E-state index contributed by atoms with van der Waals surface area (Å²) in [5, 5.41) is 3.42. The molecule has 0 aliphatic rings. The Morgan fingerprint density at radius 3 is 2.74 bits per heavy atom. The molecule has 0 amide bonds. The van der Waals surface area contributed by atoms with Crippen molar-refractivity contribution in [2.24, 2.45) is 0 Å². The summed E-state index contributed by atoms with van der Waals surface area (Å²) >= 11 is 0. The number of hydrogen-bond acceptors (Lipinski definition) is 3. The maximum absolute atomic E-state index is 5.03. The van der Waals surface area contributed by atoms with Crippen LogP contribution in [0, 0.1) is 0 Å². The van der Waals surface area contributed by atoms with Gasteiger partial charge in [0, 0.05) is 44.3 Å². The van der Waals surface area contributed by atoms with E-state index in [1.54, 1.807) is 7.11 Å². The van der Waals surface area contributed by atoms with Crippen LogP contribution in [0.15, 0.2) is 36.8 Å². The third-order valence-electron chi connectivity index (χ3n) is 2.96. The lowest BCUT2D eigenvalue weighted by atomic mass is 10.2. The molecule has 102 valence electrons. The monoisotopic (exact) mass is 259 g/mol. The first-order valence-corrected chi connectivity index (χ1v) is 6.66. The highest BCUT2D eigenvalue weighted by atomic mass is 16.5. The fourth-order valence-electron chi connectivity index (χ4n) is 1.98. The smallest absolute Gasteiger partial charge is 0.212 e. The largest absolute Gasteiger partial charge is 0.481 e. The summed E-state index contributed by atoms with van der Waals surface area (Å²) in [6.45, 7) is 4.97. The Labute approximate surface area is 114 Å². The molecule has 2 heterocycles. The molecule has 0 unspecified atom stereocenters. The van der Waals surface area contributed by atoms with Crippen molar-refractivity contribution in [2.45, 2.75) is 33.0 Å². The zero-order valence-corrected chi connectivity index (χ0v) is 11.6. The minimum atomic E-state index is 0.653. The Morgan fingerprint density at radius 2 is 2.05 bits per heavy atom. The maximum Gasteiger partial charge on any atom is 0.212 e. The zero-order chi connectivity index (χ0) is 13.5. The Balaban J connectivity index is 1.78. The highest BCUT2D eigenvalue weighted by Gasteiger charge is 1.98. The highest BCUT2D eigenvalue weighted by Crippen LogP contribution is 2.07. The van der Waals surface area contributed by atoms with Crippen molar-refractivity contribution in [3.8, 4) is 5.88 Å². The number of aryl methyl sites for hydroxylation is 1. The van der Waals surface area contributed by atoms with Crippen molar-refractivity contribution < 1.29 is 4.74 Å². The maximum atomic E-state index is 5.03. The van der Waals surface area contributed by atoms with Crippen LogP contribution in [0.4, 0.5) is 0 Å². The average Bonchev–Trinajstić information content (AvgIpc) is 2.88. The molecular formula is C15H21N3O. The van der Waals surface area contributed by atoms with Crippen LogP contribution in [0.5, 0.6) is 5.88 Å². The standard InChI is InChI=1S/C15H21N3O/c1-3-7-18-8-6-14(12-18)10-16-9-13-4-5-15(19-2)17-11-13/h4-6,8,11-12,16H,3,7,9-10H2,1-2H3. The summed E-state index contributed by atoms with van der Waals surface area (Å²) in [5.74, 6) is 0.653. The van der Waals surface area contributed by atoms with Crippen LogP contribution in [0.2, 0.25) is 0 Å². The fraction of sp³-hybridized carbons (Fsp3) is 0.400. The third-order valence-corrected chi connectivity index (χ3v) is 2.96. The number of nitrogens with one attached hydrogen (secondary N) is 1. The van der Waals surface area contributed by atoms with E-state index in [9.17, 15) is 0 Å². The summed E-state index contributed by atoms with van der Waals surface area (Å²) in [6, 6.07) is 6.07. The summed E-state index contributed by atoms with van der Waals surface area (Å²) < 4.78 is 7.26. The molecule has 2 aromatic heterocycles. The lowest BCUT2D eigenvalue weighted by Crippen LogP contribution is -2.12. The second kappa shape index (κ2) is 6.95. The molecule has 0 aromatic carbocycles. The number of hydrogen-bond donors (Lipinski definition) is 1. The second-order valence-electron chi connectivity index (χ2n) is 4.57. The molecule has 4 nitrogen and oxygen atoms in total. The number of aromatic nitrogens is 2. The molecule has 0 saturated heterocycles. The van der Waals surface area contributed by atoms with Gasteiger partial charge in [0.1, 0.15) is 0 Å². The Bertz CT molecular complexity index is 490. The van der Waals surface area contributed by atoms with E-state index < -0.39 is 0 Å². The lowest BCUT2D eigenvalue weighted by Gasteiger charge is -2.04. The van der Waals surface area contributed by atoms with Gasteiger partial charge in [0.05, 0.1) is 7.11 Å². The van der Waals surface area contributed by atoms with Crippen LogP contribution in [0.25, 0.3) is 0 Å². The topological polar surface area (TPSA) is 39.1 Å².